The average molecular weight is 473 g/mol. The predicted octanol–water partition coefficient (Wildman–Crippen LogP) is 1.46. The summed E-state index contributed by atoms with van der Waals surface area (Å²) in [7, 11) is -3.83. The Morgan fingerprint density at radius 3 is 2.55 bits per heavy atom. The van der Waals surface area contributed by atoms with Gasteiger partial charge in [-0.25, -0.2) is 13.2 Å². The van der Waals surface area contributed by atoms with Crippen LogP contribution in [0.1, 0.15) is 30.1 Å². The second-order valence-electron chi connectivity index (χ2n) is 7.28. The Bertz CT molecular complexity index is 1160. The Morgan fingerprint density at radius 1 is 1.09 bits per heavy atom. The van der Waals surface area contributed by atoms with Gasteiger partial charge in [-0.05, 0) is 43.7 Å². The van der Waals surface area contributed by atoms with Crippen LogP contribution >= 0.6 is 0 Å². The number of hydrogen-bond acceptors (Lipinski definition) is 7. The Labute approximate surface area is 191 Å². The lowest BCUT2D eigenvalue weighted by Crippen LogP contribution is -2.40. The van der Waals surface area contributed by atoms with Crippen molar-refractivity contribution in [3.8, 4) is 0 Å². The fraction of sp³-hybridized carbons (Fsp3) is 0.273. The first-order chi connectivity index (χ1) is 15.7. The molecule has 0 fully saturated rings. The summed E-state index contributed by atoms with van der Waals surface area (Å²) in [6.45, 7) is 1.43. The Hall–Kier alpha value is -3.73. The van der Waals surface area contributed by atoms with Crippen molar-refractivity contribution in [1.29, 1.82) is 0 Å². The number of nitrogens with one attached hydrogen (secondary N) is 3. The number of ether oxygens (including phenoxy) is 1. The minimum absolute atomic E-state index is 0.0378. The molecule has 11 heteroatoms. The second-order valence-corrected chi connectivity index (χ2v) is 8.96. The molecule has 1 atom stereocenters. The summed E-state index contributed by atoms with van der Waals surface area (Å²) in [5, 5.41) is 4.98. The number of hydrogen-bond donors (Lipinski definition) is 3. The third-order valence-corrected chi connectivity index (χ3v) is 6.02. The molecule has 1 aliphatic heterocycles. The van der Waals surface area contributed by atoms with Crippen LogP contribution in [0.5, 0.6) is 0 Å². The minimum Gasteiger partial charge on any atom is -0.454 e. The lowest BCUT2D eigenvalue weighted by Gasteiger charge is -2.14. The number of carbonyl (C=O) groups is 3. The molecule has 0 saturated carbocycles. The zero-order chi connectivity index (χ0) is 23.8. The van der Waals surface area contributed by atoms with Crippen LogP contribution < -0.4 is 15.4 Å². The van der Waals surface area contributed by atoms with Gasteiger partial charge in [0.2, 0.25) is 0 Å². The van der Waals surface area contributed by atoms with Crippen molar-refractivity contribution < 1.29 is 27.5 Å². The van der Waals surface area contributed by atoms with E-state index in [4.69, 9.17) is 4.74 Å². The maximum absolute atomic E-state index is 12.5. The molecule has 174 valence electrons. The molecule has 10 nitrogen and oxygen atoms in total. The number of rotatable bonds is 8. The molecule has 0 radical (unpaired) electrons. The zero-order valence-electron chi connectivity index (χ0n) is 17.9. The number of amidine groups is 1. The summed E-state index contributed by atoms with van der Waals surface area (Å²) in [4.78, 5) is 40.4. The van der Waals surface area contributed by atoms with Crippen LogP contribution in [0.25, 0.3) is 0 Å². The van der Waals surface area contributed by atoms with Crippen LogP contribution in [0, 0.1) is 0 Å². The fourth-order valence-electron chi connectivity index (χ4n) is 2.97. The number of carbonyl (C=O) groups excluding carboxylic acids is 3. The Morgan fingerprint density at radius 2 is 1.85 bits per heavy atom. The van der Waals surface area contributed by atoms with Gasteiger partial charge in [-0.2, -0.15) is 0 Å². The van der Waals surface area contributed by atoms with Crippen LogP contribution in [0.15, 0.2) is 64.5 Å². The third-order valence-electron chi connectivity index (χ3n) is 4.64. The number of anilines is 1. The molecular weight excluding hydrogens is 448 g/mol. The van der Waals surface area contributed by atoms with Gasteiger partial charge >= 0.3 is 5.97 Å². The molecule has 2 amide bonds. The van der Waals surface area contributed by atoms with Gasteiger partial charge in [-0.15, -0.1) is 0 Å². The summed E-state index contributed by atoms with van der Waals surface area (Å²) in [5.74, 6) is -1.48. The SMILES string of the molecule is C[C@H](NC(=O)c1ccccc1)C(=O)OCC(=O)Nc1cccc(S(=O)(=O)NC2=NCCC2)c1. The van der Waals surface area contributed by atoms with E-state index in [9.17, 15) is 22.8 Å². The maximum atomic E-state index is 12.5. The van der Waals surface area contributed by atoms with Gasteiger partial charge < -0.3 is 15.4 Å². The van der Waals surface area contributed by atoms with Gasteiger partial charge in [0.05, 0.1) is 4.90 Å². The second kappa shape index (κ2) is 10.7. The van der Waals surface area contributed by atoms with E-state index in [1.807, 2.05) is 0 Å². The molecule has 0 unspecified atom stereocenters. The number of nitrogens with zero attached hydrogens (tertiary/aromatic N) is 1. The van der Waals surface area contributed by atoms with E-state index >= 15 is 0 Å². The van der Waals surface area contributed by atoms with Crippen LogP contribution in [0.4, 0.5) is 5.69 Å². The van der Waals surface area contributed by atoms with Gasteiger partial charge in [-0.1, -0.05) is 24.3 Å². The Balaban J connectivity index is 1.50. The lowest BCUT2D eigenvalue weighted by molar-refractivity contribution is -0.148. The number of sulfonamides is 1. The van der Waals surface area contributed by atoms with E-state index in [0.717, 1.165) is 6.42 Å². The molecule has 0 saturated heterocycles. The lowest BCUT2D eigenvalue weighted by atomic mass is 10.2. The molecule has 0 aliphatic carbocycles. The molecule has 3 rings (SSSR count). The average Bonchev–Trinajstić information content (AvgIpc) is 3.30. The standard InChI is InChI=1S/C22H24N4O6S/c1-15(24-21(28)16-7-3-2-4-8-16)22(29)32-14-20(27)25-17-9-5-10-18(13-17)33(30,31)26-19-11-6-12-23-19/h2-5,7-10,13,15H,6,11-12,14H2,1H3,(H,23,26)(H,24,28)(H,25,27)/t15-/m0/s1. The highest BCUT2D eigenvalue weighted by atomic mass is 32.2. The fourth-order valence-corrected chi connectivity index (χ4v) is 4.10. The highest BCUT2D eigenvalue weighted by molar-refractivity contribution is 7.90. The first-order valence-corrected chi connectivity index (χ1v) is 11.7. The summed E-state index contributed by atoms with van der Waals surface area (Å²) < 4.78 is 32.4. The largest absolute Gasteiger partial charge is 0.454 e. The van der Waals surface area contributed by atoms with E-state index in [0.29, 0.717) is 24.4 Å². The van der Waals surface area contributed by atoms with Crippen molar-refractivity contribution in [2.75, 3.05) is 18.5 Å². The van der Waals surface area contributed by atoms with E-state index in [2.05, 4.69) is 20.3 Å². The summed E-state index contributed by atoms with van der Waals surface area (Å²) in [5.41, 5.74) is 0.608. The van der Waals surface area contributed by atoms with Crippen LogP contribution in [-0.2, 0) is 24.3 Å². The quantitative estimate of drug-likeness (QED) is 0.497. The van der Waals surface area contributed by atoms with Crippen molar-refractivity contribution in [2.45, 2.75) is 30.7 Å². The summed E-state index contributed by atoms with van der Waals surface area (Å²) in [6, 6.07) is 13.1. The molecule has 2 aromatic rings. The van der Waals surface area contributed by atoms with E-state index < -0.39 is 40.5 Å². The van der Waals surface area contributed by atoms with E-state index in [-0.39, 0.29) is 10.6 Å². The van der Waals surface area contributed by atoms with Crippen molar-refractivity contribution >= 4 is 39.3 Å². The van der Waals surface area contributed by atoms with Gasteiger partial charge in [-0.3, -0.25) is 19.3 Å². The van der Waals surface area contributed by atoms with E-state index in [1.54, 1.807) is 30.3 Å². The third kappa shape index (κ3) is 6.88. The smallest absolute Gasteiger partial charge is 0.328 e. The molecule has 0 spiro atoms. The normalized spacial score (nSPS) is 14.0. The summed E-state index contributed by atoms with van der Waals surface area (Å²) >= 11 is 0. The topological polar surface area (TPSA) is 143 Å². The maximum Gasteiger partial charge on any atom is 0.328 e. The van der Waals surface area contributed by atoms with Crippen molar-refractivity contribution in [2.24, 2.45) is 4.99 Å². The molecular formula is C22H24N4O6S. The molecule has 0 aromatic heterocycles. The van der Waals surface area contributed by atoms with Crippen molar-refractivity contribution in [3.05, 3.63) is 60.2 Å². The molecule has 2 aromatic carbocycles. The van der Waals surface area contributed by atoms with Crippen molar-refractivity contribution in [1.82, 2.24) is 10.0 Å². The number of aliphatic imine (C=N–C) groups is 1. The molecule has 1 aliphatic rings. The van der Waals surface area contributed by atoms with Gasteiger partial charge in [0.1, 0.15) is 11.9 Å². The Kier molecular flexibility index (Phi) is 7.78. The first-order valence-electron chi connectivity index (χ1n) is 10.2. The van der Waals surface area contributed by atoms with Gasteiger partial charge in [0.25, 0.3) is 21.8 Å². The monoisotopic (exact) mass is 472 g/mol. The van der Waals surface area contributed by atoms with Crippen molar-refractivity contribution in [3.63, 3.8) is 0 Å². The number of benzene rings is 2. The minimum atomic E-state index is -3.83. The highest BCUT2D eigenvalue weighted by Crippen LogP contribution is 2.16. The number of esters is 1. The molecule has 0 bridgehead atoms. The van der Waals surface area contributed by atoms with Crippen LogP contribution in [0.2, 0.25) is 0 Å². The van der Waals surface area contributed by atoms with E-state index in [1.165, 1.54) is 31.2 Å². The van der Waals surface area contributed by atoms with Crippen LogP contribution in [0.3, 0.4) is 0 Å². The zero-order valence-corrected chi connectivity index (χ0v) is 18.7. The first kappa shape index (κ1) is 23.9. The molecule has 33 heavy (non-hydrogen) atoms. The van der Waals surface area contributed by atoms with Crippen LogP contribution in [-0.4, -0.2) is 51.2 Å². The van der Waals surface area contributed by atoms with Gasteiger partial charge in [0.15, 0.2) is 6.61 Å². The number of amides is 2. The predicted molar refractivity (Wildman–Crippen MR) is 121 cm³/mol. The highest BCUT2D eigenvalue weighted by Gasteiger charge is 2.20. The molecule has 1 heterocycles. The summed E-state index contributed by atoms with van der Waals surface area (Å²) in [6.07, 6.45) is 1.35. The van der Waals surface area contributed by atoms with Gasteiger partial charge in [0, 0.05) is 24.2 Å². The molecule has 3 N–H and O–H groups in total.